The van der Waals surface area contributed by atoms with Gasteiger partial charge in [0.1, 0.15) is 0 Å². The van der Waals surface area contributed by atoms with Crippen LogP contribution in [0.2, 0.25) is 11.9 Å². The molecule has 0 aliphatic rings. The third-order valence-electron chi connectivity index (χ3n) is 4.74. The monoisotopic (exact) mass is 480 g/mol. The molecule has 0 aliphatic carbocycles. The average Bonchev–Trinajstić information content (AvgIpc) is 2.44. The van der Waals surface area contributed by atoms with Crippen molar-refractivity contribution in [3.63, 3.8) is 0 Å². The van der Waals surface area contributed by atoms with Crippen LogP contribution in [0.4, 0.5) is 0 Å². The van der Waals surface area contributed by atoms with Gasteiger partial charge in [-0.25, -0.2) is 0 Å². The van der Waals surface area contributed by atoms with Gasteiger partial charge < -0.3 is 0 Å². The average molecular weight is 480 g/mol. The second-order valence-electron chi connectivity index (χ2n) is 7.03. The van der Waals surface area contributed by atoms with Crippen LogP contribution < -0.4 is 0 Å². The van der Waals surface area contributed by atoms with Crippen LogP contribution in [0.5, 0.6) is 0 Å². The van der Waals surface area contributed by atoms with Crippen molar-refractivity contribution in [2.75, 3.05) is 7.11 Å². The molecule has 0 saturated carbocycles. The van der Waals surface area contributed by atoms with E-state index in [1.807, 2.05) is 7.11 Å². The molecule has 0 rings (SSSR count). The van der Waals surface area contributed by atoms with Crippen molar-refractivity contribution in [3.8, 4) is 0 Å². The SMILES string of the molecule is CCC[CH2][Pb]([CH2]CCC)([CH2]CCC)[C@@H](CC(C)C)OC. The van der Waals surface area contributed by atoms with Crippen LogP contribution in [-0.2, 0) is 4.74 Å². The van der Waals surface area contributed by atoms with Crippen LogP contribution in [0.3, 0.4) is 0 Å². The van der Waals surface area contributed by atoms with E-state index in [0.29, 0.717) is 3.66 Å². The van der Waals surface area contributed by atoms with Gasteiger partial charge in [0, 0.05) is 0 Å². The Morgan fingerprint density at radius 2 is 1.20 bits per heavy atom. The molecule has 0 aromatic rings. The minimum absolute atomic E-state index is 0.673. The summed E-state index contributed by atoms with van der Waals surface area (Å²) in [6.45, 7) is 11.8. The zero-order valence-electron chi connectivity index (χ0n) is 15.1. The van der Waals surface area contributed by atoms with Crippen LogP contribution >= 0.6 is 0 Å². The van der Waals surface area contributed by atoms with E-state index in [2.05, 4.69) is 34.6 Å². The van der Waals surface area contributed by atoms with Crippen LogP contribution in [0.25, 0.3) is 0 Å². The summed E-state index contributed by atoms with van der Waals surface area (Å²) in [6, 6.07) is 0. The first-order chi connectivity index (χ1) is 9.56. The van der Waals surface area contributed by atoms with Crippen molar-refractivity contribution in [3.05, 3.63) is 0 Å². The standard InChI is InChI=1S/C6H13O.3C4H9.Pb/c1-6(2)4-5-7-3;3*1-3-4-2;/h5-6H,4H2,1-3H3;3*1,3-4H2,2H3;. The van der Waals surface area contributed by atoms with E-state index >= 15 is 0 Å². The van der Waals surface area contributed by atoms with Crippen molar-refractivity contribution in [2.45, 2.75) is 95.2 Å². The Morgan fingerprint density at radius 3 is 1.45 bits per heavy atom. The molecule has 0 spiro atoms. The third-order valence-corrected chi connectivity index (χ3v) is 27.6. The van der Waals surface area contributed by atoms with Gasteiger partial charge in [0.25, 0.3) is 0 Å². The van der Waals surface area contributed by atoms with E-state index in [4.69, 9.17) is 4.74 Å². The molecule has 0 bridgehead atoms. The number of rotatable bonds is 13. The van der Waals surface area contributed by atoms with Crippen molar-refractivity contribution in [1.29, 1.82) is 0 Å². The molecular formula is C18H40OPb. The molecule has 0 fully saturated rings. The summed E-state index contributed by atoms with van der Waals surface area (Å²) >= 11 is -2.30. The number of methoxy groups -OCH3 is 1. The first-order valence-corrected chi connectivity index (χ1v) is 19.6. The molecule has 122 valence electrons. The summed E-state index contributed by atoms with van der Waals surface area (Å²) in [7, 11) is 1.99. The van der Waals surface area contributed by atoms with Crippen LogP contribution in [-0.4, -0.2) is 31.9 Å². The second kappa shape index (κ2) is 12.4. The van der Waals surface area contributed by atoms with Gasteiger partial charge in [-0.05, 0) is 0 Å². The van der Waals surface area contributed by atoms with Crippen LogP contribution in [0.1, 0.15) is 79.6 Å². The summed E-state index contributed by atoms with van der Waals surface area (Å²) in [4.78, 5) is 0. The molecule has 0 amide bonds. The van der Waals surface area contributed by atoms with Gasteiger partial charge in [0.15, 0.2) is 0 Å². The second-order valence-corrected chi connectivity index (χ2v) is 26.0. The fourth-order valence-electron chi connectivity index (χ4n) is 3.47. The topological polar surface area (TPSA) is 9.23 Å². The van der Waals surface area contributed by atoms with Crippen LogP contribution in [0, 0.1) is 5.92 Å². The van der Waals surface area contributed by atoms with Gasteiger partial charge in [-0.2, -0.15) is 0 Å². The van der Waals surface area contributed by atoms with Gasteiger partial charge in [0.05, 0.1) is 0 Å². The molecule has 0 radical (unpaired) electrons. The normalized spacial score (nSPS) is 13.9. The molecule has 0 unspecified atom stereocenters. The van der Waals surface area contributed by atoms with E-state index in [1.165, 1.54) is 44.9 Å². The summed E-state index contributed by atoms with van der Waals surface area (Å²) in [5.41, 5.74) is 0. The maximum atomic E-state index is 6.12. The third kappa shape index (κ3) is 7.77. The summed E-state index contributed by atoms with van der Waals surface area (Å²) < 4.78 is 11.5. The Hall–Kier alpha value is 0.882. The van der Waals surface area contributed by atoms with Crippen molar-refractivity contribution in [2.24, 2.45) is 5.92 Å². The number of hydrogen-bond acceptors (Lipinski definition) is 1. The van der Waals surface area contributed by atoms with Gasteiger partial charge in [-0.1, -0.05) is 0 Å². The molecule has 0 aromatic heterocycles. The molecule has 20 heavy (non-hydrogen) atoms. The molecule has 0 saturated heterocycles. The van der Waals surface area contributed by atoms with Crippen molar-refractivity contribution in [1.82, 2.24) is 0 Å². The number of hydrogen-bond donors (Lipinski definition) is 0. The molecule has 0 heterocycles. The Kier molecular flexibility index (Phi) is 13.0. The summed E-state index contributed by atoms with van der Waals surface area (Å²) in [5, 5.41) is 0. The number of ether oxygens (including phenoxy) is 1. The van der Waals surface area contributed by atoms with Gasteiger partial charge in [-0.15, -0.1) is 0 Å². The first-order valence-electron chi connectivity index (χ1n) is 9.09. The molecular weight excluding hydrogens is 439 g/mol. The zero-order valence-corrected chi connectivity index (χ0v) is 19.0. The number of unbranched alkanes of at least 4 members (excludes halogenated alkanes) is 3. The quantitative estimate of drug-likeness (QED) is 0.276. The Bertz CT molecular complexity index is 194. The van der Waals surface area contributed by atoms with Gasteiger partial charge in [-0.3, -0.25) is 0 Å². The molecule has 0 aliphatic heterocycles. The Labute approximate surface area is 133 Å². The molecule has 1 atom stereocenters. The van der Waals surface area contributed by atoms with Gasteiger partial charge >= 0.3 is 134 Å². The maximum absolute atomic E-state index is 6.12. The Balaban J connectivity index is 5.05. The predicted octanol–water partition coefficient (Wildman–Crippen LogP) is 6.44. The van der Waals surface area contributed by atoms with E-state index in [9.17, 15) is 0 Å². The summed E-state index contributed by atoms with van der Waals surface area (Å²) in [5.74, 6) is 0.782. The molecule has 0 aromatic carbocycles. The van der Waals surface area contributed by atoms with E-state index in [0.717, 1.165) is 5.92 Å². The van der Waals surface area contributed by atoms with Crippen molar-refractivity contribution >= 4 is 21.2 Å². The first kappa shape index (κ1) is 20.9. The predicted molar refractivity (Wildman–Crippen MR) is 95.2 cm³/mol. The van der Waals surface area contributed by atoms with E-state index < -0.39 is 21.2 Å². The zero-order chi connectivity index (χ0) is 15.4. The van der Waals surface area contributed by atoms with Crippen LogP contribution in [0.15, 0.2) is 0 Å². The molecule has 0 N–H and O–H groups in total. The van der Waals surface area contributed by atoms with Crippen molar-refractivity contribution < 1.29 is 4.74 Å². The van der Waals surface area contributed by atoms with E-state index in [-0.39, 0.29) is 0 Å². The van der Waals surface area contributed by atoms with E-state index in [1.54, 1.807) is 11.9 Å². The summed E-state index contributed by atoms with van der Waals surface area (Å²) in [6.07, 6.45) is 9.75. The molecule has 2 heteroatoms. The Morgan fingerprint density at radius 1 is 0.800 bits per heavy atom. The van der Waals surface area contributed by atoms with Gasteiger partial charge in [0.2, 0.25) is 0 Å². The molecule has 1 nitrogen and oxygen atoms in total. The minimum atomic E-state index is -2.30. The fraction of sp³-hybridized carbons (Fsp3) is 1.00. The fourth-order valence-corrected chi connectivity index (χ4v) is 28.2.